The molecule has 5 nitrogen and oxygen atoms in total. The molecule has 0 bridgehead atoms. The van der Waals surface area contributed by atoms with Crippen molar-refractivity contribution in [3.63, 3.8) is 0 Å². The van der Waals surface area contributed by atoms with E-state index in [1.807, 2.05) is 49.3 Å². The van der Waals surface area contributed by atoms with Gasteiger partial charge in [-0.15, -0.1) is 11.3 Å². The predicted molar refractivity (Wildman–Crippen MR) is 83.7 cm³/mol. The van der Waals surface area contributed by atoms with Crippen molar-refractivity contribution in [2.45, 2.75) is 33.4 Å². The van der Waals surface area contributed by atoms with E-state index in [1.165, 1.54) is 0 Å². The molecule has 0 aromatic carbocycles. The van der Waals surface area contributed by atoms with Crippen molar-refractivity contribution in [3.05, 3.63) is 29.3 Å². The minimum atomic E-state index is -0.297. The van der Waals surface area contributed by atoms with Gasteiger partial charge in [0, 0.05) is 12.6 Å². The number of amides is 1. The smallest absolute Gasteiger partial charge is 0.235 e. The fraction of sp³-hybridized carbons (Fsp3) is 0.467. The van der Waals surface area contributed by atoms with Crippen LogP contribution in [0.2, 0.25) is 0 Å². The molecule has 2 heterocycles. The van der Waals surface area contributed by atoms with Gasteiger partial charge in [-0.1, -0.05) is 32.0 Å². The van der Waals surface area contributed by atoms with Gasteiger partial charge in [-0.3, -0.25) is 9.69 Å². The Labute approximate surface area is 128 Å². The molecule has 0 radical (unpaired) electrons. The molecule has 6 heteroatoms. The quantitative estimate of drug-likeness (QED) is 0.853. The van der Waals surface area contributed by atoms with Crippen LogP contribution in [-0.4, -0.2) is 28.6 Å². The van der Waals surface area contributed by atoms with Gasteiger partial charge in [-0.25, -0.2) is 0 Å². The van der Waals surface area contributed by atoms with Crippen LogP contribution in [0.3, 0.4) is 0 Å². The third-order valence-electron chi connectivity index (χ3n) is 3.41. The highest BCUT2D eigenvalue weighted by atomic mass is 32.1. The zero-order chi connectivity index (χ0) is 15.4. The largest absolute Gasteiger partial charge is 0.368 e. The highest BCUT2D eigenvalue weighted by Crippen LogP contribution is 2.26. The minimum Gasteiger partial charge on any atom is -0.368 e. The van der Waals surface area contributed by atoms with Crippen molar-refractivity contribution >= 4 is 17.2 Å². The molecule has 2 rings (SSSR count). The summed E-state index contributed by atoms with van der Waals surface area (Å²) in [6.45, 7) is 7.29. The molecule has 0 saturated carbocycles. The number of likely N-dealkylation sites (N-methyl/N-ethyl adjacent to an activating group) is 1. The average molecular weight is 307 g/mol. The summed E-state index contributed by atoms with van der Waals surface area (Å²) in [4.78, 5) is 14.7. The Bertz CT molecular complexity index is 578. The summed E-state index contributed by atoms with van der Waals surface area (Å²) in [7, 11) is 0. The van der Waals surface area contributed by atoms with E-state index in [9.17, 15) is 4.79 Å². The van der Waals surface area contributed by atoms with Crippen molar-refractivity contribution in [1.82, 2.24) is 10.1 Å². The number of hydrogen-bond acceptors (Lipinski definition) is 5. The number of thiophene rings is 1. The van der Waals surface area contributed by atoms with Crippen LogP contribution >= 0.6 is 11.3 Å². The summed E-state index contributed by atoms with van der Waals surface area (Å²) < 4.78 is 5.37. The first-order valence-corrected chi connectivity index (χ1v) is 7.93. The second kappa shape index (κ2) is 6.87. The summed E-state index contributed by atoms with van der Waals surface area (Å²) in [6, 6.07) is 5.60. The van der Waals surface area contributed by atoms with Crippen LogP contribution in [0.15, 0.2) is 28.1 Å². The number of aromatic nitrogens is 1. The molecule has 1 atom stereocenters. The Morgan fingerprint density at radius 2 is 2.29 bits per heavy atom. The fourth-order valence-electron chi connectivity index (χ4n) is 2.47. The maximum absolute atomic E-state index is 11.7. The standard InChI is InChI=1S/C15H21N3O2S/c1-4-18(14(10(2)3)15(16)19)9-11-8-12(20-17-11)13-6-5-7-21-13/h5-8,10,14H,4,9H2,1-3H3,(H2,16,19). The molecule has 2 aromatic heterocycles. The lowest BCUT2D eigenvalue weighted by Gasteiger charge is -2.30. The number of carbonyl (C=O) groups excluding carboxylic acids is 1. The maximum Gasteiger partial charge on any atom is 0.235 e. The number of hydrogen-bond donors (Lipinski definition) is 1. The van der Waals surface area contributed by atoms with E-state index in [1.54, 1.807) is 11.3 Å². The zero-order valence-corrected chi connectivity index (χ0v) is 13.4. The summed E-state index contributed by atoms with van der Waals surface area (Å²) in [5.74, 6) is 0.621. The molecule has 2 N–H and O–H groups in total. The first kappa shape index (κ1) is 15.7. The number of carbonyl (C=O) groups is 1. The number of nitrogens with zero attached hydrogens (tertiary/aromatic N) is 2. The number of rotatable bonds is 7. The Morgan fingerprint density at radius 1 is 1.52 bits per heavy atom. The summed E-state index contributed by atoms with van der Waals surface area (Å²) in [5.41, 5.74) is 6.34. The van der Waals surface area contributed by atoms with Gasteiger partial charge in [0.1, 0.15) is 0 Å². The molecule has 0 saturated heterocycles. The number of nitrogens with two attached hydrogens (primary N) is 1. The molecule has 0 aliphatic carbocycles. The second-order valence-electron chi connectivity index (χ2n) is 5.31. The van der Waals surface area contributed by atoms with E-state index in [4.69, 9.17) is 10.3 Å². The minimum absolute atomic E-state index is 0.158. The van der Waals surface area contributed by atoms with Gasteiger partial charge in [0.2, 0.25) is 5.91 Å². The van der Waals surface area contributed by atoms with Crippen LogP contribution < -0.4 is 5.73 Å². The van der Waals surface area contributed by atoms with E-state index < -0.39 is 0 Å². The molecule has 114 valence electrons. The summed E-state index contributed by atoms with van der Waals surface area (Å²) in [6.07, 6.45) is 0. The fourth-order valence-corrected chi connectivity index (χ4v) is 3.14. The SMILES string of the molecule is CCN(Cc1cc(-c2cccs2)on1)C(C(N)=O)C(C)C. The van der Waals surface area contributed by atoms with Gasteiger partial charge in [-0.2, -0.15) is 0 Å². The normalized spacial score (nSPS) is 13.0. The molecule has 2 aromatic rings. The van der Waals surface area contributed by atoms with Crippen LogP contribution in [0.4, 0.5) is 0 Å². The highest BCUT2D eigenvalue weighted by molar-refractivity contribution is 7.13. The van der Waals surface area contributed by atoms with Crippen molar-refractivity contribution < 1.29 is 9.32 Å². The predicted octanol–water partition coefficient (Wildman–Crippen LogP) is 2.73. The lowest BCUT2D eigenvalue weighted by molar-refractivity contribution is -0.125. The third-order valence-corrected chi connectivity index (χ3v) is 4.30. The third kappa shape index (κ3) is 3.71. The van der Waals surface area contributed by atoms with Gasteiger partial charge in [0.25, 0.3) is 0 Å². The summed E-state index contributed by atoms with van der Waals surface area (Å²) >= 11 is 1.61. The maximum atomic E-state index is 11.7. The van der Waals surface area contributed by atoms with E-state index in [2.05, 4.69) is 5.16 Å². The molecule has 21 heavy (non-hydrogen) atoms. The number of primary amides is 1. The van der Waals surface area contributed by atoms with Crippen LogP contribution in [0.25, 0.3) is 10.6 Å². The van der Waals surface area contributed by atoms with Crippen molar-refractivity contribution in [2.75, 3.05) is 6.54 Å². The van der Waals surface area contributed by atoms with E-state index in [0.717, 1.165) is 22.9 Å². The van der Waals surface area contributed by atoms with Gasteiger partial charge >= 0.3 is 0 Å². The van der Waals surface area contributed by atoms with Crippen molar-refractivity contribution in [1.29, 1.82) is 0 Å². The molecule has 1 amide bonds. The molecule has 0 aliphatic rings. The Hall–Kier alpha value is -1.66. The van der Waals surface area contributed by atoms with Gasteiger partial charge in [0.15, 0.2) is 5.76 Å². The monoisotopic (exact) mass is 307 g/mol. The van der Waals surface area contributed by atoms with Gasteiger partial charge in [0.05, 0.1) is 16.6 Å². The summed E-state index contributed by atoms with van der Waals surface area (Å²) in [5, 5.41) is 6.10. The second-order valence-corrected chi connectivity index (χ2v) is 6.26. The molecular weight excluding hydrogens is 286 g/mol. The van der Waals surface area contributed by atoms with Crippen molar-refractivity contribution in [2.24, 2.45) is 11.7 Å². The molecule has 0 fully saturated rings. The molecular formula is C15H21N3O2S. The van der Waals surface area contributed by atoms with Crippen LogP contribution in [0.1, 0.15) is 26.5 Å². The zero-order valence-electron chi connectivity index (χ0n) is 12.6. The van der Waals surface area contributed by atoms with Crippen LogP contribution in [0.5, 0.6) is 0 Å². The Kier molecular flexibility index (Phi) is 5.14. The van der Waals surface area contributed by atoms with Gasteiger partial charge < -0.3 is 10.3 Å². The molecule has 0 spiro atoms. The molecule has 0 aliphatic heterocycles. The Morgan fingerprint density at radius 3 is 2.81 bits per heavy atom. The van der Waals surface area contributed by atoms with Gasteiger partial charge in [-0.05, 0) is 23.9 Å². The average Bonchev–Trinajstić information content (AvgIpc) is 3.07. The lowest BCUT2D eigenvalue weighted by atomic mass is 10.0. The van der Waals surface area contributed by atoms with E-state index >= 15 is 0 Å². The molecule has 1 unspecified atom stereocenters. The van der Waals surface area contributed by atoms with E-state index in [-0.39, 0.29) is 17.9 Å². The van der Waals surface area contributed by atoms with Crippen molar-refractivity contribution in [3.8, 4) is 10.6 Å². The lowest BCUT2D eigenvalue weighted by Crippen LogP contribution is -2.47. The first-order chi connectivity index (χ1) is 10.0. The van der Waals surface area contributed by atoms with Crippen LogP contribution in [-0.2, 0) is 11.3 Å². The Balaban J connectivity index is 2.13. The van der Waals surface area contributed by atoms with Crippen LogP contribution in [0, 0.1) is 5.92 Å². The highest BCUT2D eigenvalue weighted by Gasteiger charge is 2.26. The van der Waals surface area contributed by atoms with E-state index in [0.29, 0.717) is 6.54 Å². The first-order valence-electron chi connectivity index (χ1n) is 7.05. The topological polar surface area (TPSA) is 72.4 Å².